The second-order valence-electron chi connectivity index (χ2n) is 5.47. The fourth-order valence-corrected chi connectivity index (χ4v) is 2.56. The Morgan fingerprint density at radius 3 is 2.59 bits per heavy atom. The second-order valence-corrected chi connectivity index (χ2v) is 5.47. The van der Waals surface area contributed by atoms with Gasteiger partial charge in [-0.2, -0.15) is 0 Å². The molecule has 2 amide bonds. The van der Waals surface area contributed by atoms with E-state index in [1.54, 1.807) is 30.3 Å². The second kappa shape index (κ2) is 7.38. The molecule has 1 saturated heterocycles. The Morgan fingerprint density at radius 1 is 1.27 bits per heavy atom. The standard InChI is InChI=1S/C16H22N2O4/c1-2-3-9-17-15(21)13-14(20)12(19)10-18(13)16(22)11-7-5-4-6-8-11/h4-8,12-14,19-20H,2-3,9-10H2,1H3,(H,17,21)/t12-,13?,14+/m0/s1. The molecule has 3 atom stereocenters. The Balaban J connectivity index is 2.14. The topological polar surface area (TPSA) is 89.9 Å². The summed E-state index contributed by atoms with van der Waals surface area (Å²) in [5.74, 6) is -0.798. The Bertz CT molecular complexity index is 520. The number of likely N-dealkylation sites (tertiary alicyclic amines) is 1. The fraction of sp³-hybridized carbons (Fsp3) is 0.500. The molecule has 6 heteroatoms. The molecular weight excluding hydrogens is 284 g/mol. The molecule has 0 saturated carbocycles. The van der Waals surface area contributed by atoms with Gasteiger partial charge in [0.05, 0.1) is 6.54 Å². The molecule has 1 heterocycles. The lowest BCUT2D eigenvalue weighted by Gasteiger charge is -2.25. The number of benzene rings is 1. The maximum Gasteiger partial charge on any atom is 0.254 e. The molecule has 1 aromatic carbocycles. The third-order valence-corrected chi connectivity index (χ3v) is 3.82. The first kappa shape index (κ1) is 16.5. The molecule has 1 aliphatic rings. The van der Waals surface area contributed by atoms with Gasteiger partial charge in [-0.3, -0.25) is 9.59 Å². The largest absolute Gasteiger partial charge is 0.388 e. The van der Waals surface area contributed by atoms with Gasteiger partial charge in [0, 0.05) is 12.1 Å². The van der Waals surface area contributed by atoms with Crippen LogP contribution in [0.5, 0.6) is 0 Å². The van der Waals surface area contributed by atoms with E-state index in [4.69, 9.17) is 0 Å². The highest BCUT2D eigenvalue weighted by molar-refractivity contribution is 5.98. The van der Waals surface area contributed by atoms with Crippen LogP contribution in [0.4, 0.5) is 0 Å². The smallest absolute Gasteiger partial charge is 0.254 e. The number of rotatable bonds is 5. The molecule has 3 N–H and O–H groups in total. The van der Waals surface area contributed by atoms with Crippen LogP contribution in [-0.2, 0) is 4.79 Å². The molecule has 1 aliphatic heterocycles. The van der Waals surface area contributed by atoms with Crippen LogP contribution < -0.4 is 5.32 Å². The minimum Gasteiger partial charge on any atom is -0.388 e. The highest BCUT2D eigenvalue weighted by Crippen LogP contribution is 2.21. The molecule has 1 unspecified atom stereocenters. The van der Waals surface area contributed by atoms with Gasteiger partial charge in [-0.05, 0) is 18.6 Å². The fourth-order valence-electron chi connectivity index (χ4n) is 2.56. The first-order valence-electron chi connectivity index (χ1n) is 7.56. The van der Waals surface area contributed by atoms with E-state index in [1.165, 1.54) is 4.90 Å². The summed E-state index contributed by atoms with van der Waals surface area (Å²) in [7, 11) is 0. The molecule has 120 valence electrons. The number of carbonyl (C=O) groups is 2. The van der Waals surface area contributed by atoms with Crippen LogP contribution in [0.3, 0.4) is 0 Å². The van der Waals surface area contributed by atoms with E-state index < -0.39 is 24.2 Å². The van der Waals surface area contributed by atoms with Gasteiger partial charge in [0.25, 0.3) is 5.91 Å². The third kappa shape index (κ3) is 3.45. The van der Waals surface area contributed by atoms with Crippen LogP contribution in [0.25, 0.3) is 0 Å². The lowest BCUT2D eigenvalue weighted by molar-refractivity contribution is -0.127. The highest BCUT2D eigenvalue weighted by Gasteiger charge is 2.46. The number of β-amino-alcohol motifs (C(OH)–C–C–N with tert-alkyl or cyclic N) is 1. The SMILES string of the molecule is CCCCNC(=O)C1[C@H](O)[C@@H](O)CN1C(=O)c1ccccc1. The van der Waals surface area contributed by atoms with E-state index in [-0.39, 0.29) is 12.5 Å². The van der Waals surface area contributed by atoms with E-state index in [2.05, 4.69) is 5.32 Å². The number of hydrogen-bond donors (Lipinski definition) is 3. The lowest BCUT2D eigenvalue weighted by atomic mass is 10.1. The van der Waals surface area contributed by atoms with Crippen molar-refractivity contribution in [3.05, 3.63) is 35.9 Å². The summed E-state index contributed by atoms with van der Waals surface area (Å²) in [4.78, 5) is 26.0. The average Bonchev–Trinajstić information content (AvgIpc) is 2.83. The number of nitrogens with zero attached hydrogens (tertiary/aromatic N) is 1. The zero-order valence-corrected chi connectivity index (χ0v) is 12.6. The van der Waals surface area contributed by atoms with Crippen molar-refractivity contribution in [2.24, 2.45) is 0 Å². The monoisotopic (exact) mass is 306 g/mol. The van der Waals surface area contributed by atoms with Crippen molar-refractivity contribution < 1.29 is 19.8 Å². The number of amides is 2. The Kier molecular flexibility index (Phi) is 5.51. The average molecular weight is 306 g/mol. The minimum absolute atomic E-state index is 0.0548. The molecule has 0 spiro atoms. The number of aliphatic hydroxyl groups excluding tert-OH is 2. The molecule has 0 radical (unpaired) electrons. The summed E-state index contributed by atoms with van der Waals surface area (Å²) in [5, 5.41) is 22.6. The van der Waals surface area contributed by atoms with Gasteiger partial charge in [0.2, 0.25) is 5.91 Å². The van der Waals surface area contributed by atoms with E-state index in [0.717, 1.165) is 12.8 Å². The summed E-state index contributed by atoms with van der Waals surface area (Å²) >= 11 is 0. The van der Waals surface area contributed by atoms with Crippen molar-refractivity contribution in [1.29, 1.82) is 0 Å². The molecule has 0 aliphatic carbocycles. The normalized spacial score (nSPS) is 24.3. The van der Waals surface area contributed by atoms with Crippen LogP contribution in [0.1, 0.15) is 30.1 Å². The van der Waals surface area contributed by atoms with Crippen LogP contribution >= 0.6 is 0 Å². The molecule has 6 nitrogen and oxygen atoms in total. The Morgan fingerprint density at radius 2 is 1.95 bits per heavy atom. The van der Waals surface area contributed by atoms with Crippen LogP contribution in [0.2, 0.25) is 0 Å². The van der Waals surface area contributed by atoms with Crippen molar-refractivity contribution >= 4 is 11.8 Å². The number of hydrogen-bond acceptors (Lipinski definition) is 4. The summed E-state index contributed by atoms with van der Waals surface area (Å²) in [6.45, 7) is 2.44. The van der Waals surface area contributed by atoms with Gasteiger partial charge in [-0.1, -0.05) is 31.5 Å². The van der Waals surface area contributed by atoms with E-state index in [0.29, 0.717) is 12.1 Å². The van der Waals surface area contributed by atoms with Gasteiger partial charge >= 0.3 is 0 Å². The van der Waals surface area contributed by atoms with Crippen LogP contribution in [0, 0.1) is 0 Å². The number of carbonyl (C=O) groups excluding carboxylic acids is 2. The Hall–Kier alpha value is -1.92. The van der Waals surface area contributed by atoms with Gasteiger partial charge in [-0.15, -0.1) is 0 Å². The van der Waals surface area contributed by atoms with Crippen LogP contribution in [0.15, 0.2) is 30.3 Å². The van der Waals surface area contributed by atoms with Crippen molar-refractivity contribution in [1.82, 2.24) is 10.2 Å². The van der Waals surface area contributed by atoms with E-state index in [1.807, 2.05) is 6.92 Å². The molecule has 0 aromatic heterocycles. The molecule has 2 rings (SSSR count). The first-order chi connectivity index (χ1) is 10.6. The van der Waals surface area contributed by atoms with Crippen molar-refractivity contribution in [2.75, 3.05) is 13.1 Å². The molecular formula is C16H22N2O4. The molecule has 1 fully saturated rings. The maximum absolute atomic E-state index is 12.5. The van der Waals surface area contributed by atoms with Crippen LogP contribution in [-0.4, -0.2) is 58.3 Å². The number of nitrogens with one attached hydrogen (secondary N) is 1. The predicted molar refractivity (Wildman–Crippen MR) is 81.2 cm³/mol. The highest BCUT2D eigenvalue weighted by atomic mass is 16.3. The van der Waals surface area contributed by atoms with Gasteiger partial charge < -0.3 is 20.4 Å². The lowest BCUT2D eigenvalue weighted by Crippen LogP contribution is -2.50. The minimum atomic E-state index is -1.27. The van der Waals surface area contributed by atoms with E-state index in [9.17, 15) is 19.8 Å². The maximum atomic E-state index is 12.5. The van der Waals surface area contributed by atoms with E-state index >= 15 is 0 Å². The number of unbranched alkanes of at least 4 members (excludes halogenated alkanes) is 1. The molecule has 1 aromatic rings. The quantitative estimate of drug-likeness (QED) is 0.676. The molecule has 22 heavy (non-hydrogen) atoms. The zero-order chi connectivity index (χ0) is 16.1. The first-order valence-corrected chi connectivity index (χ1v) is 7.56. The number of aliphatic hydroxyl groups is 2. The van der Waals surface area contributed by atoms with Crippen molar-refractivity contribution in [3.8, 4) is 0 Å². The summed E-state index contributed by atoms with van der Waals surface area (Å²) in [5.41, 5.74) is 0.426. The summed E-state index contributed by atoms with van der Waals surface area (Å²) in [6.07, 6.45) is -0.629. The Labute approximate surface area is 129 Å². The predicted octanol–water partition coefficient (Wildman–Crippen LogP) is 0.149. The molecule has 0 bridgehead atoms. The van der Waals surface area contributed by atoms with Gasteiger partial charge in [0.1, 0.15) is 18.2 Å². The zero-order valence-electron chi connectivity index (χ0n) is 12.6. The van der Waals surface area contributed by atoms with Crippen molar-refractivity contribution in [2.45, 2.75) is 38.0 Å². The summed E-state index contributed by atoms with van der Waals surface area (Å²) < 4.78 is 0. The third-order valence-electron chi connectivity index (χ3n) is 3.82. The van der Waals surface area contributed by atoms with Gasteiger partial charge in [0.15, 0.2) is 0 Å². The van der Waals surface area contributed by atoms with Crippen molar-refractivity contribution in [3.63, 3.8) is 0 Å². The van der Waals surface area contributed by atoms with Gasteiger partial charge in [-0.25, -0.2) is 0 Å². The summed E-state index contributed by atoms with van der Waals surface area (Å²) in [6, 6.07) is 7.48.